The van der Waals surface area contributed by atoms with Crippen LogP contribution in [0.2, 0.25) is 0 Å². The summed E-state index contributed by atoms with van der Waals surface area (Å²) >= 11 is 0. The average Bonchev–Trinajstić information content (AvgIpc) is 2.81. The molecule has 0 aliphatic carbocycles. The highest BCUT2D eigenvalue weighted by Crippen LogP contribution is 2.15. The average molecular weight is 410 g/mol. The Morgan fingerprint density at radius 1 is 1.10 bits per heavy atom. The molecule has 3 heterocycles. The highest BCUT2D eigenvalue weighted by Gasteiger charge is 2.20. The molecule has 1 saturated heterocycles. The van der Waals surface area contributed by atoms with Gasteiger partial charge in [0.05, 0.1) is 0 Å². The smallest absolute Gasteiger partial charge is 0.223 e. The van der Waals surface area contributed by atoms with E-state index in [1.165, 1.54) is 5.56 Å². The quantitative estimate of drug-likeness (QED) is 0.761. The maximum atomic E-state index is 12.7. The van der Waals surface area contributed by atoms with Crippen molar-refractivity contribution in [1.82, 2.24) is 25.5 Å². The predicted molar refractivity (Wildman–Crippen MR) is 115 cm³/mol. The van der Waals surface area contributed by atoms with Gasteiger partial charge in [0.1, 0.15) is 0 Å². The SMILES string of the molecule is O=C1CCN(Cc2ccncc2)CCCC(C(=O)NCCc2cccnc2)CCN1. The third-order valence-corrected chi connectivity index (χ3v) is 5.46. The van der Waals surface area contributed by atoms with E-state index >= 15 is 0 Å². The maximum absolute atomic E-state index is 12.7. The van der Waals surface area contributed by atoms with Crippen LogP contribution in [0.5, 0.6) is 0 Å². The Hall–Kier alpha value is -2.80. The number of carbonyl (C=O) groups excluding carboxylic acids is 2. The van der Waals surface area contributed by atoms with Crippen molar-refractivity contribution >= 4 is 11.8 Å². The zero-order chi connectivity index (χ0) is 21.0. The molecule has 1 atom stereocenters. The van der Waals surface area contributed by atoms with Gasteiger partial charge in [-0.15, -0.1) is 0 Å². The summed E-state index contributed by atoms with van der Waals surface area (Å²) in [6.45, 7) is 3.52. The zero-order valence-corrected chi connectivity index (χ0v) is 17.4. The number of nitrogens with one attached hydrogen (secondary N) is 2. The van der Waals surface area contributed by atoms with Crippen molar-refractivity contribution < 1.29 is 9.59 Å². The third kappa shape index (κ3) is 7.55. The van der Waals surface area contributed by atoms with E-state index < -0.39 is 0 Å². The molecule has 7 heteroatoms. The van der Waals surface area contributed by atoms with Crippen LogP contribution in [0.4, 0.5) is 0 Å². The van der Waals surface area contributed by atoms with Gasteiger partial charge < -0.3 is 10.6 Å². The Morgan fingerprint density at radius 3 is 2.77 bits per heavy atom. The van der Waals surface area contributed by atoms with Crippen LogP contribution in [0.1, 0.15) is 36.8 Å². The van der Waals surface area contributed by atoms with E-state index in [0.29, 0.717) is 25.9 Å². The first-order valence-electron chi connectivity index (χ1n) is 10.8. The van der Waals surface area contributed by atoms with E-state index in [0.717, 1.165) is 44.5 Å². The van der Waals surface area contributed by atoms with Crippen LogP contribution in [-0.4, -0.2) is 52.9 Å². The summed E-state index contributed by atoms with van der Waals surface area (Å²) in [5.41, 5.74) is 2.30. The molecule has 160 valence electrons. The largest absolute Gasteiger partial charge is 0.356 e. The number of nitrogens with zero attached hydrogens (tertiary/aromatic N) is 3. The van der Waals surface area contributed by atoms with Crippen LogP contribution in [0, 0.1) is 5.92 Å². The zero-order valence-electron chi connectivity index (χ0n) is 17.4. The second kappa shape index (κ2) is 12.0. The van der Waals surface area contributed by atoms with Gasteiger partial charge in [0.2, 0.25) is 11.8 Å². The van der Waals surface area contributed by atoms with Crippen LogP contribution < -0.4 is 10.6 Å². The van der Waals surface area contributed by atoms with Gasteiger partial charge in [-0.2, -0.15) is 0 Å². The standard InChI is InChI=1S/C23H31N5O2/c29-22-9-16-28(18-20-5-11-24-12-6-20)15-2-4-21(8-14-26-22)23(30)27-13-7-19-3-1-10-25-17-19/h1,3,5-6,10-12,17,21H,2,4,7-9,13-16,18H2,(H,26,29)(H,27,30). The van der Waals surface area contributed by atoms with E-state index in [9.17, 15) is 9.59 Å². The molecule has 1 fully saturated rings. The summed E-state index contributed by atoms with van der Waals surface area (Å²) in [6, 6.07) is 7.92. The monoisotopic (exact) mass is 409 g/mol. The van der Waals surface area contributed by atoms with Crippen molar-refractivity contribution in [3.8, 4) is 0 Å². The minimum Gasteiger partial charge on any atom is -0.356 e. The first-order valence-corrected chi connectivity index (χ1v) is 10.8. The minimum absolute atomic E-state index is 0.0485. The molecule has 0 aromatic carbocycles. The number of amides is 2. The Labute approximate surface area is 178 Å². The lowest BCUT2D eigenvalue weighted by Crippen LogP contribution is -2.35. The molecule has 0 spiro atoms. The molecular weight excluding hydrogens is 378 g/mol. The highest BCUT2D eigenvalue weighted by molar-refractivity contribution is 5.79. The summed E-state index contributed by atoms with van der Waals surface area (Å²) in [7, 11) is 0. The van der Waals surface area contributed by atoms with Gasteiger partial charge in [0.15, 0.2) is 0 Å². The van der Waals surface area contributed by atoms with Gasteiger partial charge in [0, 0.05) is 63.3 Å². The molecule has 1 unspecified atom stereocenters. The van der Waals surface area contributed by atoms with Crippen LogP contribution in [0.15, 0.2) is 49.1 Å². The molecule has 1 aliphatic rings. The molecule has 7 nitrogen and oxygen atoms in total. The summed E-state index contributed by atoms with van der Waals surface area (Å²) in [5, 5.41) is 6.03. The van der Waals surface area contributed by atoms with Gasteiger partial charge >= 0.3 is 0 Å². The predicted octanol–water partition coefficient (Wildman–Crippen LogP) is 1.94. The number of hydrogen-bond donors (Lipinski definition) is 2. The first kappa shape index (κ1) is 21.9. The van der Waals surface area contributed by atoms with Gasteiger partial charge in [-0.05, 0) is 61.6 Å². The van der Waals surface area contributed by atoms with E-state index in [-0.39, 0.29) is 17.7 Å². The number of carbonyl (C=O) groups is 2. The molecule has 30 heavy (non-hydrogen) atoms. The van der Waals surface area contributed by atoms with E-state index in [2.05, 4.69) is 25.5 Å². The van der Waals surface area contributed by atoms with Crippen LogP contribution in [0.25, 0.3) is 0 Å². The molecule has 0 bridgehead atoms. The lowest BCUT2D eigenvalue weighted by atomic mass is 9.98. The van der Waals surface area contributed by atoms with Crippen molar-refractivity contribution in [2.75, 3.05) is 26.2 Å². The van der Waals surface area contributed by atoms with Crippen molar-refractivity contribution in [2.24, 2.45) is 5.92 Å². The molecule has 2 aromatic rings. The molecule has 1 aliphatic heterocycles. The molecule has 2 aromatic heterocycles. The molecular formula is C23H31N5O2. The number of rotatable bonds is 6. The van der Waals surface area contributed by atoms with Crippen molar-refractivity contribution in [2.45, 2.75) is 38.6 Å². The van der Waals surface area contributed by atoms with Gasteiger partial charge in [-0.1, -0.05) is 6.07 Å². The van der Waals surface area contributed by atoms with Crippen LogP contribution >= 0.6 is 0 Å². The molecule has 0 saturated carbocycles. The van der Waals surface area contributed by atoms with E-state index in [1.54, 1.807) is 18.6 Å². The Balaban J connectivity index is 1.51. The van der Waals surface area contributed by atoms with Crippen LogP contribution in [0.3, 0.4) is 0 Å². The van der Waals surface area contributed by atoms with Gasteiger partial charge in [-0.25, -0.2) is 0 Å². The minimum atomic E-state index is -0.0833. The Bertz CT molecular complexity index is 785. The van der Waals surface area contributed by atoms with Crippen molar-refractivity contribution in [3.05, 3.63) is 60.2 Å². The topological polar surface area (TPSA) is 87.2 Å². The molecule has 2 amide bonds. The third-order valence-electron chi connectivity index (χ3n) is 5.46. The number of pyridine rings is 2. The molecule has 2 N–H and O–H groups in total. The second-order valence-corrected chi connectivity index (χ2v) is 7.76. The summed E-state index contributed by atoms with van der Waals surface area (Å²) in [6.07, 6.45) is 10.8. The maximum Gasteiger partial charge on any atom is 0.223 e. The van der Waals surface area contributed by atoms with Crippen molar-refractivity contribution in [3.63, 3.8) is 0 Å². The lowest BCUT2D eigenvalue weighted by Gasteiger charge is -2.22. The van der Waals surface area contributed by atoms with Crippen molar-refractivity contribution in [1.29, 1.82) is 0 Å². The fourth-order valence-corrected chi connectivity index (χ4v) is 3.74. The van der Waals surface area contributed by atoms with E-state index in [4.69, 9.17) is 0 Å². The van der Waals surface area contributed by atoms with E-state index in [1.807, 2.05) is 30.5 Å². The fraction of sp³-hybridized carbons (Fsp3) is 0.478. The van der Waals surface area contributed by atoms with Gasteiger partial charge in [0.25, 0.3) is 0 Å². The highest BCUT2D eigenvalue weighted by atomic mass is 16.2. The normalized spacial score (nSPS) is 18.8. The first-order chi connectivity index (χ1) is 14.7. The van der Waals surface area contributed by atoms with Crippen LogP contribution in [-0.2, 0) is 22.6 Å². The second-order valence-electron chi connectivity index (χ2n) is 7.76. The number of hydrogen-bond acceptors (Lipinski definition) is 5. The molecule has 0 radical (unpaired) electrons. The summed E-state index contributed by atoms with van der Waals surface area (Å²) < 4.78 is 0. The summed E-state index contributed by atoms with van der Waals surface area (Å²) in [4.78, 5) is 35.4. The lowest BCUT2D eigenvalue weighted by molar-refractivity contribution is -0.126. The Morgan fingerprint density at radius 2 is 1.97 bits per heavy atom. The Kier molecular flexibility index (Phi) is 8.78. The summed E-state index contributed by atoms with van der Waals surface area (Å²) in [5.74, 6) is 0.0421. The fourth-order valence-electron chi connectivity index (χ4n) is 3.74. The molecule has 3 rings (SSSR count). The number of aromatic nitrogens is 2. The van der Waals surface area contributed by atoms with Gasteiger partial charge in [-0.3, -0.25) is 24.5 Å².